The maximum atomic E-state index is 13.2. The van der Waals surface area contributed by atoms with Crippen LogP contribution in [0.25, 0.3) is 10.2 Å². The third-order valence-electron chi connectivity index (χ3n) is 3.87. The van der Waals surface area contributed by atoms with Crippen molar-refractivity contribution in [3.05, 3.63) is 54.1 Å². The van der Waals surface area contributed by atoms with Gasteiger partial charge in [0.1, 0.15) is 5.75 Å². The summed E-state index contributed by atoms with van der Waals surface area (Å²) in [5.41, 5.74) is 1.45. The van der Waals surface area contributed by atoms with Gasteiger partial charge in [-0.15, -0.1) is 12.4 Å². The number of fused-ring (bicyclic) bond motifs is 1. The summed E-state index contributed by atoms with van der Waals surface area (Å²) >= 11 is 1.53. The van der Waals surface area contributed by atoms with E-state index in [2.05, 4.69) is 9.88 Å². The number of likely N-dealkylation sites (N-methyl/N-ethyl adjacent to an activating group) is 1. The Morgan fingerprint density at radius 1 is 1.08 bits per heavy atom. The monoisotopic (exact) mass is 391 g/mol. The second-order valence-corrected chi connectivity index (χ2v) is 6.93. The van der Waals surface area contributed by atoms with E-state index in [0.717, 1.165) is 16.8 Å². The minimum absolute atomic E-state index is 0. The van der Waals surface area contributed by atoms with Gasteiger partial charge in [-0.2, -0.15) is 0 Å². The molecule has 0 N–H and O–H groups in total. The van der Waals surface area contributed by atoms with Crippen LogP contribution in [0.2, 0.25) is 0 Å². The van der Waals surface area contributed by atoms with Gasteiger partial charge in [0.15, 0.2) is 5.13 Å². The fourth-order valence-corrected chi connectivity index (χ4v) is 3.52. The molecule has 0 fully saturated rings. The lowest BCUT2D eigenvalue weighted by molar-refractivity contribution is 0.0982. The molecule has 2 aromatic carbocycles. The second-order valence-electron chi connectivity index (χ2n) is 5.92. The van der Waals surface area contributed by atoms with Crippen molar-refractivity contribution >= 4 is 45.0 Å². The molecule has 0 spiro atoms. The number of halogens is 1. The summed E-state index contributed by atoms with van der Waals surface area (Å²) in [6.45, 7) is 1.31. The quantitative estimate of drug-likeness (QED) is 0.638. The maximum absolute atomic E-state index is 13.2. The number of hydrogen-bond acceptors (Lipinski definition) is 5. The lowest BCUT2D eigenvalue weighted by Crippen LogP contribution is -2.36. The van der Waals surface area contributed by atoms with Gasteiger partial charge in [-0.3, -0.25) is 9.69 Å². The fraction of sp³-hybridized carbons (Fsp3) is 0.263. The number of amides is 1. The number of benzene rings is 2. The number of ether oxygens (including phenoxy) is 1. The van der Waals surface area contributed by atoms with E-state index in [1.807, 2.05) is 50.5 Å². The van der Waals surface area contributed by atoms with Crippen LogP contribution in [0.4, 0.5) is 5.13 Å². The Bertz CT molecular complexity index is 849. The van der Waals surface area contributed by atoms with E-state index in [0.29, 0.717) is 23.0 Å². The molecule has 1 heterocycles. The van der Waals surface area contributed by atoms with Gasteiger partial charge >= 0.3 is 0 Å². The van der Waals surface area contributed by atoms with Crippen molar-refractivity contribution in [1.82, 2.24) is 9.88 Å². The van der Waals surface area contributed by atoms with E-state index in [1.54, 1.807) is 24.1 Å². The Morgan fingerprint density at radius 2 is 1.77 bits per heavy atom. The first-order valence-electron chi connectivity index (χ1n) is 8.05. The fourth-order valence-electron chi connectivity index (χ4n) is 2.53. The van der Waals surface area contributed by atoms with E-state index in [9.17, 15) is 4.79 Å². The van der Waals surface area contributed by atoms with Crippen LogP contribution >= 0.6 is 23.7 Å². The van der Waals surface area contributed by atoms with Crippen LogP contribution in [0, 0.1) is 0 Å². The first kappa shape index (κ1) is 20.2. The largest absolute Gasteiger partial charge is 0.496 e. The molecule has 0 atom stereocenters. The molecule has 0 saturated heterocycles. The van der Waals surface area contributed by atoms with E-state index >= 15 is 0 Å². The Morgan fingerprint density at radius 3 is 2.46 bits per heavy atom. The minimum atomic E-state index is -0.0987. The zero-order valence-corrected chi connectivity index (χ0v) is 16.6. The van der Waals surface area contributed by atoms with Gasteiger partial charge < -0.3 is 9.64 Å². The third-order valence-corrected chi connectivity index (χ3v) is 4.93. The highest BCUT2D eigenvalue weighted by Gasteiger charge is 2.23. The Balaban J connectivity index is 0.00000243. The molecular weight excluding hydrogens is 370 g/mol. The lowest BCUT2D eigenvalue weighted by Gasteiger charge is -2.22. The number of thiazole rings is 1. The molecule has 1 aromatic heterocycles. The molecule has 0 aliphatic rings. The minimum Gasteiger partial charge on any atom is -0.496 e. The molecule has 0 aliphatic heterocycles. The van der Waals surface area contributed by atoms with Crippen molar-refractivity contribution in [1.29, 1.82) is 0 Å². The van der Waals surface area contributed by atoms with Crippen LogP contribution < -0.4 is 9.64 Å². The predicted molar refractivity (Wildman–Crippen MR) is 110 cm³/mol. The molecule has 3 rings (SSSR count). The summed E-state index contributed by atoms with van der Waals surface area (Å²) in [6.07, 6.45) is 0. The highest BCUT2D eigenvalue weighted by atomic mass is 35.5. The van der Waals surface area contributed by atoms with Crippen molar-refractivity contribution in [2.75, 3.05) is 39.2 Å². The normalized spacial score (nSPS) is 10.6. The van der Waals surface area contributed by atoms with Gasteiger partial charge in [0, 0.05) is 13.1 Å². The molecule has 0 radical (unpaired) electrons. The summed E-state index contributed by atoms with van der Waals surface area (Å²) in [6, 6.07) is 15.2. The number of nitrogens with zero attached hydrogens (tertiary/aromatic N) is 3. The molecule has 138 valence electrons. The number of aromatic nitrogens is 1. The summed E-state index contributed by atoms with van der Waals surface area (Å²) < 4.78 is 6.43. The summed E-state index contributed by atoms with van der Waals surface area (Å²) in [5, 5.41) is 0.707. The van der Waals surface area contributed by atoms with Crippen LogP contribution in [-0.2, 0) is 0 Å². The number of anilines is 1. The van der Waals surface area contributed by atoms with Gasteiger partial charge in [-0.25, -0.2) is 4.98 Å². The van der Waals surface area contributed by atoms with Crippen LogP contribution in [-0.4, -0.2) is 50.1 Å². The second kappa shape index (κ2) is 8.98. The van der Waals surface area contributed by atoms with E-state index < -0.39 is 0 Å². The number of rotatable bonds is 6. The molecule has 1 amide bonds. The molecule has 3 aromatic rings. The molecule has 0 unspecified atom stereocenters. The van der Waals surface area contributed by atoms with Crippen LogP contribution in [0.15, 0.2) is 48.5 Å². The zero-order chi connectivity index (χ0) is 17.8. The number of methoxy groups -OCH3 is 1. The Hall–Kier alpha value is -2.15. The molecule has 0 bridgehead atoms. The average Bonchev–Trinajstić information content (AvgIpc) is 3.05. The van der Waals surface area contributed by atoms with E-state index in [4.69, 9.17) is 4.74 Å². The maximum Gasteiger partial charge on any atom is 0.263 e. The topological polar surface area (TPSA) is 45.7 Å². The number of carbonyl (C=O) groups excluding carboxylic acids is 1. The highest BCUT2D eigenvalue weighted by Crippen LogP contribution is 2.30. The molecule has 0 saturated carbocycles. The van der Waals surface area contributed by atoms with Crippen molar-refractivity contribution in [3.63, 3.8) is 0 Å². The predicted octanol–water partition coefficient (Wildman–Crippen LogP) is 3.94. The average molecular weight is 392 g/mol. The number of hydrogen-bond donors (Lipinski definition) is 0. The molecule has 26 heavy (non-hydrogen) atoms. The summed E-state index contributed by atoms with van der Waals surface area (Å²) in [7, 11) is 5.56. The molecule has 0 aliphatic carbocycles. The molecular formula is C19H22ClN3O2S. The van der Waals surface area contributed by atoms with Crippen molar-refractivity contribution in [2.45, 2.75) is 0 Å². The van der Waals surface area contributed by atoms with Crippen LogP contribution in [0.1, 0.15) is 10.4 Å². The SMILES string of the molecule is COc1ccccc1C(=O)N(CCN(C)C)c1nc2ccccc2s1.Cl. The van der Waals surface area contributed by atoms with Gasteiger partial charge in [0.2, 0.25) is 0 Å². The van der Waals surface area contributed by atoms with Crippen molar-refractivity contribution < 1.29 is 9.53 Å². The molecule has 5 nitrogen and oxygen atoms in total. The van der Waals surface area contributed by atoms with Crippen molar-refractivity contribution in [2.24, 2.45) is 0 Å². The van der Waals surface area contributed by atoms with Gasteiger partial charge in [0.05, 0.1) is 22.9 Å². The highest BCUT2D eigenvalue weighted by molar-refractivity contribution is 7.22. The van der Waals surface area contributed by atoms with Gasteiger partial charge in [-0.1, -0.05) is 35.6 Å². The number of para-hydroxylation sites is 2. The lowest BCUT2D eigenvalue weighted by atomic mass is 10.1. The number of carbonyl (C=O) groups is 1. The third kappa shape index (κ3) is 4.33. The van der Waals surface area contributed by atoms with Gasteiger partial charge in [0.25, 0.3) is 5.91 Å². The van der Waals surface area contributed by atoms with E-state index in [-0.39, 0.29) is 18.3 Å². The van der Waals surface area contributed by atoms with Crippen LogP contribution in [0.3, 0.4) is 0 Å². The standard InChI is InChI=1S/C19H21N3O2S.ClH/c1-21(2)12-13-22(18(23)14-8-4-6-10-16(14)24-3)19-20-15-9-5-7-11-17(15)25-19;/h4-11H,12-13H2,1-3H3;1H. The van der Waals surface area contributed by atoms with Gasteiger partial charge in [-0.05, 0) is 38.4 Å². The summed E-state index contributed by atoms with van der Waals surface area (Å²) in [5.74, 6) is 0.474. The first-order valence-corrected chi connectivity index (χ1v) is 8.87. The smallest absolute Gasteiger partial charge is 0.263 e. The van der Waals surface area contributed by atoms with E-state index in [1.165, 1.54) is 11.3 Å². The summed E-state index contributed by atoms with van der Waals surface area (Å²) in [4.78, 5) is 21.7. The molecule has 7 heteroatoms. The van der Waals surface area contributed by atoms with Crippen LogP contribution in [0.5, 0.6) is 5.75 Å². The zero-order valence-electron chi connectivity index (χ0n) is 15.0. The Labute approximate surface area is 163 Å². The van der Waals surface area contributed by atoms with Crippen molar-refractivity contribution in [3.8, 4) is 5.75 Å². The first-order chi connectivity index (χ1) is 12.1. The Kier molecular flexibility index (Phi) is 6.97.